The molecule has 1 aliphatic heterocycles. The van der Waals surface area contributed by atoms with E-state index in [9.17, 15) is 12.8 Å². The van der Waals surface area contributed by atoms with Crippen LogP contribution in [-0.2, 0) is 10.0 Å². The molecule has 0 amide bonds. The lowest BCUT2D eigenvalue weighted by Crippen LogP contribution is -2.31. The van der Waals surface area contributed by atoms with Crippen molar-refractivity contribution in [3.05, 3.63) is 28.5 Å². The molecule has 0 unspecified atom stereocenters. The summed E-state index contributed by atoms with van der Waals surface area (Å²) in [5.41, 5.74) is 0. The van der Waals surface area contributed by atoms with Crippen LogP contribution in [0.2, 0.25) is 0 Å². The van der Waals surface area contributed by atoms with Gasteiger partial charge < -0.3 is 0 Å². The van der Waals surface area contributed by atoms with Gasteiger partial charge in [0.1, 0.15) is 5.82 Å². The lowest BCUT2D eigenvalue weighted by atomic mass is 10.0. The highest BCUT2D eigenvalue weighted by molar-refractivity contribution is 9.10. The zero-order valence-corrected chi connectivity index (χ0v) is 13.5. The average Bonchev–Trinajstić information content (AvgIpc) is 2.37. The third kappa shape index (κ3) is 4.18. The van der Waals surface area contributed by atoms with Crippen molar-refractivity contribution in [3.8, 4) is 0 Å². The van der Waals surface area contributed by atoms with Crippen LogP contribution >= 0.6 is 27.7 Å². The Kier molecular flexibility index (Phi) is 5.28. The van der Waals surface area contributed by atoms with Crippen LogP contribution in [0.1, 0.15) is 12.8 Å². The summed E-state index contributed by atoms with van der Waals surface area (Å²) < 4.78 is 40.1. The van der Waals surface area contributed by atoms with Crippen molar-refractivity contribution in [1.82, 2.24) is 4.72 Å². The molecule has 19 heavy (non-hydrogen) atoms. The van der Waals surface area contributed by atoms with E-state index in [2.05, 4.69) is 20.7 Å². The molecule has 2 rings (SSSR count). The average molecular weight is 368 g/mol. The van der Waals surface area contributed by atoms with Crippen molar-refractivity contribution in [2.75, 3.05) is 18.1 Å². The monoisotopic (exact) mass is 367 g/mol. The SMILES string of the molecule is O=S(=O)(NCC1CCSCC1)c1ccc(F)cc1Br. The quantitative estimate of drug-likeness (QED) is 0.889. The molecule has 7 heteroatoms. The predicted octanol–water partition coefficient (Wildman–Crippen LogP) is 3.01. The van der Waals surface area contributed by atoms with E-state index in [1.54, 1.807) is 0 Å². The van der Waals surface area contributed by atoms with Crippen molar-refractivity contribution >= 4 is 37.7 Å². The molecule has 0 atom stereocenters. The Morgan fingerprint density at radius 1 is 1.37 bits per heavy atom. The van der Waals surface area contributed by atoms with Crippen LogP contribution in [0.3, 0.4) is 0 Å². The second-order valence-electron chi connectivity index (χ2n) is 4.48. The molecule has 1 aliphatic rings. The second kappa shape index (κ2) is 6.56. The molecule has 1 saturated heterocycles. The maximum absolute atomic E-state index is 13.0. The van der Waals surface area contributed by atoms with Gasteiger partial charge >= 0.3 is 0 Å². The number of rotatable bonds is 4. The fourth-order valence-corrected chi connectivity index (χ4v) is 5.32. The standard InChI is InChI=1S/C12H15BrFNO2S2/c13-11-7-10(14)1-2-12(11)19(16,17)15-8-9-3-5-18-6-4-9/h1-2,7,9,15H,3-6,8H2. The summed E-state index contributed by atoms with van der Waals surface area (Å²) in [5.74, 6) is 2.12. The lowest BCUT2D eigenvalue weighted by Gasteiger charge is -2.21. The van der Waals surface area contributed by atoms with E-state index in [1.807, 2.05) is 11.8 Å². The summed E-state index contributed by atoms with van der Waals surface area (Å²) in [7, 11) is -3.58. The molecule has 3 nitrogen and oxygen atoms in total. The predicted molar refractivity (Wildman–Crippen MR) is 79.3 cm³/mol. The normalized spacial score (nSPS) is 17.6. The fraction of sp³-hybridized carbons (Fsp3) is 0.500. The van der Waals surface area contributed by atoms with E-state index >= 15 is 0 Å². The Labute approximate surface area is 125 Å². The molecule has 106 valence electrons. The number of thioether (sulfide) groups is 1. The Hall–Kier alpha value is -0.110. The van der Waals surface area contributed by atoms with E-state index in [1.165, 1.54) is 6.07 Å². The summed E-state index contributed by atoms with van der Waals surface area (Å²) in [4.78, 5) is 0.0825. The number of hydrogen-bond acceptors (Lipinski definition) is 3. The molecular weight excluding hydrogens is 353 g/mol. The minimum absolute atomic E-state index is 0.0825. The maximum Gasteiger partial charge on any atom is 0.241 e. The van der Waals surface area contributed by atoms with Gasteiger partial charge in [-0.15, -0.1) is 0 Å². The van der Waals surface area contributed by atoms with Crippen molar-refractivity contribution in [2.24, 2.45) is 5.92 Å². The Bertz CT molecular complexity index is 545. The first-order chi connectivity index (χ1) is 8.99. The minimum Gasteiger partial charge on any atom is -0.211 e. The van der Waals surface area contributed by atoms with Crippen molar-refractivity contribution in [1.29, 1.82) is 0 Å². The van der Waals surface area contributed by atoms with Gasteiger partial charge in [-0.2, -0.15) is 11.8 Å². The van der Waals surface area contributed by atoms with Crippen LogP contribution in [-0.4, -0.2) is 26.5 Å². The van der Waals surface area contributed by atoms with E-state index in [4.69, 9.17) is 0 Å². The molecule has 1 fully saturated rings. The molecule has 1 N–H and O–H groups in total. The van der Waals surface area contributed by atoms with Gasteiger partial charge in [0.2, 0.25) is 10.0 Å². The van der Waals surface area contributed by atoms with Gasteiger partial charge in [-0.3, -0.25) is 0 Å². The van der Waals surface area contributed by atoms with Crippen molar-refractivity contribution < 1.29 is 12.8 Å². The summed E-state index contributed by atoms with van der Waals surface area (Å²) in [5, 5.41) is 0. The molecule has 1 aromatic rings. The molecule has 0 aromatic heterocycles. The molecular formula is C12H15BrFNO2S2. The largest absolute Gasteiger partial charge is 0.241 e. The van der Waals surface area contributed by atoms with Gasteiger partial charge in [-0.25, -0.2) is 17.5 Å². The first-order valence-electron chi connectivity index (χ1n) is 6.01. The smallest absolute Gasteiger partial charge is 0.211 e. The van der Waals surface area contributed by atoms with Crippen LogP contribution in [0.25, 0.3) is 0 Å². The number of sulfonamides is 1. The molecule has 0 radical (unpaired) electrons. The van der Waals surface area contributed by atoms with E-state index in [-0.39, 0.29) is 9.37 Å². The van der Waals surface area contributed by atoms with Gasteiger partial charge in [0.25, 0.3) is 0 Å². The molecule has 0 saturated carbocycles. The highest BCUT2D eigenvalue weighted by Crippen LogP contribution is 2.25. The van der Waals surface area contributed by atoms with Gasteiger partial charge in [-0.05, 0) is 64.4 Å². The topological polar surface area (TPSA) is 46.2 Å². The van der Waals surface area contributed by atoms with E-state index in [0.717, 1.165) is 36.5 Å². The third-order valence-corrected chi connectivity index (χ3v) is 6.54. The van der Waals surface area contributed by atoms with Crippen LogP contribution < -0.4 is 4.72 Å². The third-order valence-electron chi connectivity index (χ3n) is 3.09. The summed E-state index contributed by atoms with van der Waals surface area (Å²) in [6.07, 6.45) is 2.08. The number of nitrogens with one attached hydrogen (secondary N) is 1. The maximum atomic E-state index is 13.0. The molecule has 0 spiro atoms. The van der Waals surface area contributed by atoms with Crippen LogP contribution in [0.15, 0.2) is 27.6 Å². The van der Waals surface area contributed by atoms with Crippen LogP contribution in [0, 0.1) is 11.7 Å². The Morgan fingerprint density at radius 2 is 2.05 bits per heavy atom. The summed E-state index contributed by atoms with van der Waals surface area (Å²) >= 11 is 4.99. The molecule has 0 aliphatic carbocycles. The van der Waals surface area contributed by atoms with Gasteiger partial charge in [0.05, 0.1) is 4.90 Å². The number of benzene rings is 1. The highest BCUT2D eigenvalue weighted by atomic mass is 79.9. The first-order valence-corrected chi connectivity index (χ1v) is 9.44. The highest BCUT2D eigenvalue weighted by Gasteiger charge is 2.21. The Balaban J connectivity index is 2.05. The van der Waals surface area contributed by atoms with E-state index in [0.29, 0.717) is 12.5 Å². The van der Waals surface area contributed by atoms with Gasteiger partial charge in [0.15, 0.2) is 0 Å². The fourth-order valence-electron chi connectivity index (χ4n) is 1.95. The zero-order valence-electron chi connectivity index (χ0n) is 10.2. The molecule has 1 heterocycles. The molecule has 1 aromatic carbocycles. The van der Waals surface area contributed by atoms with Crippen molar-refractivity contribution in [3.63, 3.8) is 0 Å². The van der Waals surface area contributed by atoms with E-state index < -0.39 is 15.8 Å². The molecule has 0 bridgehead atoms. The Morgan fingerprint density at radius 3 is 2.68 bits per heavy atom. The second-order valence-corrected chi connectivity index (χ2v) is 8.30. The van der Waals surface area contributed by atoms with Crippen LogP contribution in [0.5, 0.6) is 0 Å². The minimum atomic E-state index is -3.58. The van der Waals surface area contributed by atoms with Gasteiger partial charge in [-0.1, -0.05) is 0 Å². The zero-order chi connectivity index (χ0) is 13.9. The lowest BCUT2D eigenvalue weighted by molar-refractivity contribution is 0.476. The number of hydrogen-bond donors (Lipinski definition) is 1. The van der Waals surface area contributed by atoms with Crippen molar-refractivity contribution in [2.45, 2.75) is 17.7 Å². The number of halogens is 2. The first kappa shape index (κ1) is 15.3. The summed E-state index contributed by atoms with van der Waals surface area (Å²) in [6.45, 7) is 0.451. The summed E-state index contributed by atoms with van der Waals surface area (Å²) in [6, 6.07) is 3.58. The van der Waals surface area contributed by atoms with Gasteiger partial charge in [0, 0.05) is 11.0 Å². The van der Waals surface area contributed by atoms with Crippen LogP contribution in [0.4, 0.5) is 4.39 Å².